The number of rotatable bonds is 0. The monoisotopic (exact) mass is 231 g/mol. The molecule has 0 amide bonds. The van der Waals surface area contributed by atoms with Crippen LogP contribution in [0.1, 0.15) is 5.56 Å². The van der Waals surface area contributed by atoms with E-state index in [-0.39, 0.29) is 28.6 Å². The third-order valence-electron chi connectivity index (χ3n) is 2.15. The second kappa shape index (κ2) is 2.60. The first-order valence-corrected chi connectivity index (χ1v) is 5.27. The quantitative estimate of drug-likeness (QED) is 0.525. The number of anilines is 3. The molecule has 1 aromatic rings. The molecule has 2 rings (SSSR count). The summed E-state index contributed by atoms with van der Waals surface area (Å²) in [5, 5.41) is 0. The summed E-state index contributed by atoms with van der Waals surface area (Å²) in [4.78, 5) is 0. The highest BCUT2D eigenvalue weighted by molar-refractivity contribution is 7.82. The smallest absolute Gasteiger partial charge is 0.397 e. The van der Waals surface area contributed by atoms with E-state index in [0.29, 0.717) is 5.56 Å². The second-order valence-corrected chi connectivity index (χ2v) is 4.25. The maximum Gasteiger partial charge on any atom is 0.501 e. The highest BCUT2D eigenvalue weighted by Crippen LogP contribution is 2.49. The average molecular weight is 231 g/mol. The Labute approximate surface area is 86.1 Å². The SMILES string of the molecule is Cc1c(N)c(N)c(N)c2c1OS(=O)(=O)O2. The normalized spacial score (nSPS) is 16.6. The summed E-state index contributed by atoms with van der Waals surface area (Å²) in [6.07, 6.45) is 0. The van der Waals surface area contributed by atoms with E-state index in [0.717, 1.165) is 0 Å². The Morgan fingerprint density at radius 3 is 2.07 bits per heavy atom. The van der Waals surface area contributed by atoms with E-state index in [1.54, 1.807) is 6.92 Å². The third-order valence-corrected chi connectivity index (χ3v) is 2.89. The summed E-state index contributed by atoms with van der Waals surface area (Å²) in [5.41, 5.74) is 17.4. The lowest BCUT2D eigenvalue weighted by molar-refractivity contribution is 0.436. The van der Waals surface area contributed by atoms with E-state index < -0.39 is 10.4 Å². The standard InChI is InChI=1S/C7H9N3O4S/c1-2-3(8)4(9)5(10)7-6(2)13-15(11,12)14-7/h8-10H2,1H3. The van der Waals surface area contributed by atoms with Gasteiger partial charge in [-0.1, -0.05) is 0 Å². The number of nitrogens with two attached hydrogens (primary N) is 3. The van der Waals surface area contributed by atoms with E-state index >= 15 is 0 Å². The summed E-state index contributed by atoms with van der Waals surface area (Å²) in [6, 6.07) is 0. The number of benzene rings is 1. The molecule has 0 spiro atoms. The predicted octanol–water partition coefficient (Wildman–Crippen LogP) is -0.242. The van der Waals surface area contributed by atoms with Gasteiger partial charge in [-0.3, -0.25) is 0 Å². The highest BCUT2D eigenvalue weighted by Gasteiger charge is 2.34. The lowest BCUT2D eigenvalue weighted by Crippen LogP contribution is -2.08. The minimum Gasteiger partial charge on any atom is -0.397 e. The molecule has 8 heteroatoms. The first-order valence-electron chi connectivity index (χ1n) is 3.94. The summed E-state index contributed by atoms with van der Waals surface area (Å²) < 4.78 is 31.2. The van der Waals surface area contributed by atoms with Crippen molar-refractivity contribution in [2.45, 2.75) is 6.92 Å². The van der Waals surface area contributed by atoms with E-state index in [9.17, 15) is 8.42 Å². The van der Waals surface area contributed by atoms with Crippen LogP contribution in [0.15, 0.2) is 0 Å². The fourth-order valence-corrected chi connectivity index (χ4v) is 2.10. The molecule has 0 atom stereocenters. The van der Waals surface area contributed by atoms with E-state index in [4.69, 9.17) is 17.2 Å². The second-order valence-electron chi connectivity index (χ2n) is 3.10. The molecule has 0 radical (unpaired) electrons. The van der Waals surface area contributed by atoms with Gasteiger partial charge >= 0.3 is 10.4 Å². The van der Waals surface area contributed by atoms with Crippen LogP contribution < -0.4 is 25.6 Å². The van der Waals surface area contributed by atoms with Gasteiger partial charge in [0.25, 0.3) is 0 Å². The number of nitrogen functional groups attached to an aromatic ring is 3. The Balaban J connectivity index is 2.80. The van der Waals surface area contributed by atoms with Gasteiger partial charge in [0, 0.05) is 5.56 Å². The Morgan fingerprint density at radius 2 is 1.47 bits per heavy atom. The van der Waals surface area contributed by atoms with Gasteiger partial charge in [0.2, 0.25) is 5.75 Å². The minimum atomic E-state index is -4.08. The fourth-order valence-electron chi connectivity index (χ4n) is 1.29. The Hall–Kier alpha value is -1.83. The van der Waals surface area contributed by atoms with Crippen LogP contribution in [0.3, 0.4) is 0 Å². The zero-order valence-corrected chi connectivity index (χ0v) is 8.59. The molecule has 0 aromatic heterocycles. The molecule has 0 unspecified atom stereocenters. The summed E-state index contributed by atoms with van der Waals surface area (Å²) in [7, 11) is -4.08. The van der Waals surface area contributed by atoms with Crippen LogP contribution in [0, 0.1) is 6.92 Å². The van der Waals surface area contributed by atoms with Crippen LogP contribution in [0.2, 0.25) is 0 Å². The molecule has 6 N–H and O–H groups in total. The van der Waals surface area contributed by atoms with Crippen LogP contribution in [0.4, 0.5) is 17.1 Å². The molecular formula is C7H9N3O4S. The maximum absolute atomic E-state index is 11.0. The summed E-state index contributed by atoms with van der Waals surface area (Å²) in [5.74, 6) is -0.0987. The van der Waals surface area contributed by atoms with Gasteiger partial charge in [-0.25, -0.2) is 0 Å². The number of hydrogen-bond acceptors (Lipinski definition) is 7. The minimum absolute atomic E-state index is 0.000741. The molecule has 1 aliphatic rings. The van der Waals surface area contributed by atoms with Crippen molar-refractivity contribution in [2.24, 2.45) is 0 Å². The number of fused-ring (bicyclic) bond motifs is 1. The maximum atomic E-state index is 11.0. The zero-order valence-electron chi connectivity index (χ0n) is 7.77. The summed E-state index contributed by atoms with van der Waals surface area (Å²) >= 11 is 0. The Bertz CT molecular complexity index is 509. The van der Waals surface area contributed by atoms with E-state index in [2.05, 4.69) is 8.37 Å². The van der Waals surface area contributed by atoms with Crippen LogP contribution in [0.25, 0.3) is 0 Å². The van der Waals surface area contributed by atoms with E-state index in [1.807, 2.05) is 0 Å². The van der Waals surface area contributed by atoms with Crippen molar-refractivity contribution in [3.8, 4) is 11.5 Å². The molecule has 7 nitrogen and oxygen atoms in total. The molecule has 0 fully saturated rings. The zero-order chi connectivity index (χ0) is 11.4. The van der Waals surface area contributed by atoms with Crippen molar-refractivity contribution in [1.29, 1.82) is 0 Å². The number of hydrogen-bond donors (Lipinski definition) is 3. The Morgan fingerprint density at radius 1 is 0.933 bits per heavy atom. The molecule has 1 heterocycles. The van der Waals surface area contributed by atoms with Gasteiger partial charge < -0.3 is 25.6 Å². The third kappa shape index (κ3) is 1.22. The lowest BCUT2D eigenvalue weighted by atomic mass is 10.1. The van der Waals surface area contributed by atoms with Gasteiger partial charge in [-0.05, 0) is 6.92 Å². The van der Waals surface area contributed by atoms with Crippen molar-refractivity contribution in [1.82, 2.24) is 0 Å². The van der Waals surface area contributed by atoms with Gasteiger partial charge in [0.05, 0.1) is 11.4 Å². The van der Waals surface area contributed by atoms with Crippen LogP contribution >= 0.6 is 0 Å². The molecule has 0 aliphatic carbocycles. The molecule has 82 valence electrons. The largest absolute Gasteiger partial charge is 0.501 e. The van der Waals surface area contributed by atoms with E-state index in [1.165, 1.54) is 0 Å². The van der Waals surface area contributed by atoms with Crippen molar-refractivity contribution >= 4 is 27.5 Å². The van der Waals surface area contributed by atoms with Gasteiger partial charge in [0.1, 0.15) is 5.69 Å². The first kappa shape index (κ1) is 9.71. The van der Waals surface area contributed by atoms with Gasteiger partial charge in [0.15, 0.2) is 5.75 Å². The molecule has 0 bridgehead atoms. The lowest BCUT2D eigenvalue weighted by Gasteiger charge is -2.09. The first-order chi connectivity index (χ1) is 6.83. The van der Waals surface area contributed by atoms with Gasteiger partial charge in [-0.2, -0.15) is 0 Å². The van der Waals surface area contributed by atoms with Crippen molar-refractivity contribution in [2.75, 3.05) is 17.2 Å². The van der Waals surface area contributed by atoms with Crippen LogP contribution in [-0.4, -0.2) is 8.42 Å². The fraction of sp³-hybridized carbons (Fsp3) is 0.143. The molecule has 0 saturated carbocycles. The molecule has 0 saturated heterocycles. The van der Waals surface area contributed by atoms with Crippen molar-refractivity contribution < 1.29 is 16.8 Å². The average Bonchev–Trinajstić information content (AvgIpc) is 2.48. The van der Waals surface area contributed by atoms with Crippen molar-refractivity contribution in [3.05, 3.63) is 5.56 Å². The highest BCUT2D eigenvalue weighted by atomic mass is 32.3. The van der Waals surface area contributed by atoms with Crippen LogP contribution in [0.5, 0.6) is 11.5 Å². The van der Waals surface area contributed by atoms with Crippen molar-refractivity contribution in [3.63, 3.8) is 0 Å². The molecule has 1 aromatic carbocycles. The molecule has 1 aliphatic heterocycles. The predicted molar refractivity (Wildman–Crippen MR) is 54.6 cm³/mol. The molecular weight excluding hydrogens is 222 g/mol. The summed E-state index contributed by atoms with van der Waals surface area (Å²) in [6.45, 7) is 1.56. The topological polar surface area (TPSA) is 131 Å². The van der Waals surface area contributed by atoms with Crippen LogP contribution in [-0.2, 0) is 10.4 Å². The Kier molecular flexibility index (Phi) is 1.68. The van der Waals surface area contributed by atoms with Gasteiger partial charge in [-0.15, -0.1) is 8.42 Å². The molecule has 15 heavy (non-hydrogen) atoms.